The minimum absolute atomic E-state index is 0.430. The molecule has 0 spiro atoms. The van der Waals surface area contributed by atoms with Crippen LogP contribution in [0.15, 0.2) is 109 Å². The van der Waals surface area contributed by atoms with Gasteiger partial charge in [-0.2, -0.15) is 0 Å². The van der Waals surface area contributed by atoms with E-state index in [1.807, 2.05) is 0 Å². The van der Waals surface area contributed by atoms with E-state index in [1.165, 1.54) is 24.2 Å². The lowest BCUT2D eigenvalue weighted by molar-refractivity contribution is -0.147. The Morgan fingerprint density at radius 1 is 0.542 bits per heavy atom. The molecule has 246 valence electrons. The molecule has 2 aliphatic heterocycles. The average Bonchev–Trinajstić information content (AvgIpc) is 3.63. The molecule has 2 heterocycles. The Balaban J connectivity index is 1.57. The highest BCUT2D eigenvalue weighted by molar-refractivity contribution is 6.01. The summed E-state index contributed by atoms with van der Waals surface area (Å²) in [5.41, 5.74) is 1.78. The van der Waals surface area contributed by atoms with Crippen molar-refractivity contribution in [3.05, 3.63) is 120 Å². The van der Waals surface area contributed by atoms with Crippen molar-refractivity contribution < 1.29 is 38.9 Å². The van der Waals surface area contributed by atoms with Crippen LogP contribution in [0.5, 0.6) is 11.5 Å². The summed E-state index contributed by atoms with van der Waals surface area (Å²) >= 11 is 0. The summed E-state index contributed by atoms with van der Waals surface area (Å²) in [6.07, 6.45) is 0. The van der Waals surface area contributed by atoms with Crippen molar-refractivity contribution in [2.75, 3.05) is 24.9 Å². The molecule has 2 saturated heterocycles. The van der Waals surface area contributed by atoms with Crippen LogP contribution in [0.4, 0.5) is 11.4 Å². The number of carboxylic acid groups (broad SMARTS) is 2. The fraction of sp³-hybridized carbons (Fsp3) is 0.222. The Bertz CT molecular complexity index is 1650. The first-order chi connectivity index (χ1) is 23.2. The molecule has 4 N–H and O–H groups in total. The van der Waals surface area contributed by atoms with Crippen LogP contribution in [-0.2, 0) is 19.2 Å². The molecule has 6 atom stereocenters. The number of hydrogen-bond donors (Lipinski definition) is 4. The van der Waals surface area contributed by atoms with Gasteiger partial charge in [-0.3, -0.25) is 19.2 Å². The van der Waals surface area contributed by atoms with Crippen LogP contribution in [0.3, 0.4) is 0 Å². The molecule has 0 unspecified atom stereocenters. The number of carbonyl (C=O) groups is 4. The molecule has 0 aliphatic carbocycles. The van der Waals surface area contributed by atoms with E-state index < -0.39 is 59.8 Å². The number of hydrogen-bond acceptors (Lipinski definition) is 8. The number of aliphatic carboxylic acids is 2. The smallest absolute Gasteiger partial charge is 0.310 e. The molecule has 2 amide bonds. The summed E-state index contributed by atoms with van der Waals surface area (Å²) < 4.78 is 10.7. The minimum Gasteiger partial charge on any atom is -0.497 e. The van der Waals surface area contributed by atoms with Gasteiger partial charge in [-0.05, 0) is 59.7 Å². The Kier molecular flexibility index (Phi) is 9.10. The summed E-state index contributed by atoms with van der Waals surface area (Å²) in [5.74, 6) is -5.74. The number of carbonyl (C=O) groups excluding carboxylic acids is 2. The highest BCUT2D eigenvalue weighted by Crippen LogP contribution is 2.55. The van der Waals surface area contributed by atoms with E-state index >= 15 is 0 Å². The third kappa shape index (κ3) is 5.94. The van der Waals surface area contributed by atoms with E-state index in [-0.39, 0.29) is 0 Å². The van der Waals surface area contributed by atoms with Gasteiger partial charge in [0.2, 0.25) is 11.8 Å². The molecule has 4 aromatic rings. The maximum Gasteiger partial charge on any atom is 0.310 e. The number of methoxy groups -OCH3 is 2. The third-order valence-electron chi connectivity index (χ3n) is 8.87. The number of anilines is 2. The van der Waals surface area contributed by atoms with Crippen LogP contribution < -0.4 is 20.1 Å². The zero-order valence-electron chi connectivity index (χ0n) is 26.1. The quantitative estimate of drug-likeness (QED) is 0.193. The van der Waals surface area contributed by atoms with Gasteiger partial charge in [-0.1, -0.05) is 60.7 Å². The first-order valence-electron chi connectivity index (χ1n) is 15.3. The number of amides is 2. The summed E-state index contributed by atoms with van der Waals surface area (Å²) in [6, 6.07) is 25.3. The van der Waals surface area contributed by atoms with E-state index in [0.717, 1.165) is 0 Å². The van der Waals surface area contributed by atoms with Crippen molar-refractivity contribution in [2.24, 2.45) is 11.8 Å². The Morgan fingerprint density at radius 3 is 1.17 bits per heavy atom. The van der Waals surface area contributed by atoms with Gasteiger partial charge in [0.05, 0.1) is 26.3 Å². The Hall–Kier alpha value is -5.72. The number of fused-ring (bicyclic) bond motifs is 1. The molecule has 0 radical (unpaired) electrons. The van der Waals surface area contributed by atoms with E-state index in [1.54, 1.807) is 109 Å². The fourth-order valence-corrected chi connectivity index (χ4v) is 6.83. The monoisotopic (exact) mass is 650 g/mol. The lowest BCUT2D eigenvalue weighted by Gasteiger charge is -2.33. The van der Waals surface area contributed by atoms with Crippen LogP contribution in [-0.4, -0.2) is 70.3 Å². The summed E-state index contributed by atoms with van der Waals surface area (Å²) in [6.45, 7) is 0. The second-order valence-electron chi connectivity index (χ2n) is 11.5. The molecule has 2 fully saturated rings. The first kappa shape index (κ1) is 32.2. The van der Waals surface area contributed by atoms with Gasteiger partial charge in [0, 0.05) is 11.4 Å². The van der Waals surface area contributed by atoms with Crippen LogP contribution in [0.2, 0.25) is 0 Å². The number of benzene rings is 4. The number of ether oxygens (including phenoxy) is 2. The van der Waals surface area contributed by atoms with Gasteiger partial charge < -0.3 is 30.3 Å². The molecular formula is C36H34N4O8. The molecule has 2 aliphatic rings. The van der Waals surface area contributed by atoms with Crippen molar-refractivity contribution in [1.29, 1.82) is 0 Å². The standard InChI is InChI=1S/C36H34N4O8/c1-47-25-17-13-21(14-18-25)29-27(35(43)44)31(33(41)37-23-9-5-3-6-10-23)40-30(22-15-19-26(48-2)20-16-22)28(36(45)46)32(39(29)40)34(42)38-24-11-7-4-8-12-24/h3-20,27-32H,1-2H3,(H,37,41)(H,38,42)(H,43,44)(H,45,46)/t27-,28+,29-,30-,31+,32-/m1/s1. The zero-order valence-corrected chi connectivity index (χ0v) is 26.1. The largest absolute Gasteiger partial charge is 0.497 e. The van der Waals surface area contributed by atoms with Crippen LogP contribution in [0.1, 0.15) is 23.2 Å². The van der Waals surface area contributed by atoms with E-state index in [4.69, 9.17) is 9.47 Å². The fourth-order valence-electron chi connectivity index (χ4n) is 6.83. The van der Waals surface area contributed by atoms with Gasteiger partial charge in [0.1, 0.15) is 35.4 Å². The van der Waals surface area contributed by atoms with Crippen molar-refractivity contribution in [3.63, 3.8) is 0 Å². The molecule has 12 nitrogen and oxygen atoms in total. The molecule has 0 aromatic heterocycles. The van der Waals surface area contributed by atoms with Crippen LogP contribution in [0.25, 0.3) is 0 Å². The maximum atomic E-state index is 14.3. The SMILES string of the molecule is COc1ccc([C@@H]2[C@H](C(=O)O)[C@H](C(=O)Nc3ccccc3)N3[C@H](c4ccc(OC)cc4)[C@@H](C(=O)O)[C@@H](C(=O)Nc4ccccc4)N23)cc1. The summed E-state index contributed by atoms with van der Waals surface area (Å²) in [5, 5.41) is 30.3. The number of carboxylic acids is 2. The number of hydrazine groups is 1. The summed E-state index contributed by atoms with van der Waals surface area (Å²) in [7, 11) is 3.00. The average molecular weight is 651 g/mol. The number of nitrogens with one attached hydrogen (secondary N) is 2. The third-order valence-corrected chi connectivity index (χ3v) is 8.87. The molecule has 0 bridgehead atoms. The van der Waals surface area contributed by atoms with Gasteiger partial charge >= 0.3 is 11.9 Å². The predicted octanol–water partition coefficient (Wildman–Crippen LogP) is 4.45. The van der Waals surface area contributed by atoms with Gasteiger partial charge in [-0.25, -0.2) is 10.0 Å². The van der Waals surface area contributed by atoms with Gasteiger partial charge in [0.15, 0.2) is 0 Å². The van der Waals surface area contributed by atoms with Crippen LogP contribution in [0, 0.1) is 11.8 Å². The molecule has 4 aromatic carbocycles. The van der Waals surface area contributed by atoms with E-state index in [9.17, 15) is 29.4 Å². The molecule has 6 rings (SSSR count). The second kappa shape index (κ2) is 13.6. The number of rotatable bonds is 10. The van der Waals surface area contributed by atoms with Gasteiger partial charge in [-0.15, -0.1) is 0 Å². The zero-order chi connectivity index (χ0) is 33.9. The van der Waals surface area contributed by atoms with Crippen LogP contribution >= 0.6 is 0 Å². The summed E-state index contributed by atoms with van der Waals surface area (Å²) in [4.78, 5) is 55.3. The van der Waals surface area contributed by atoms with Gasteiger partial charge in [0.25, 0.3) is 0 Å². The van der Waals surface area contributed by atoms with Crippen molar-refractivity contribution in [2.45, 2.75) is 24.2 Å². The normalized spacial score (nSPS) is 23.5. The van der Waals surface area contributed by atoms with Crippen molar-refractivity contribution >= 4 is 35.1 Å². The topological polar surface area (TPSA) is 158 Å². The highest BCUT2D eigenvalue weighted by atomic mass is 16.5. The number of nitrogens with zero attached hydrogens (tertiary/aromatic N) is 2. The van der Waals surface area contributed by atoms with E-state index in [0.29, 0.717) is 34.0 Å². The molecular weight excluding hydrogens is 616 g/mol. The second-order valence-corrected chi connectivity index (χ2v) is 11.5. The molecule has 0 saturated carbocycles. The Labute approximate surface area is 276 Å². The lowest BCUT2D eigenvalue weighted by Crippen LogP contribution is -2.48. The molecule has 48 heavy (non-hydrogen) atoms. The van der Waals surface area contributed by atoms with Crippen molar-refractivity contribution in [3.8, 4) is 11.5 Å². The Morgan fingerprint density at radius 2 is 0.875 bits per heavy atom. The highest BCUT2D eigenvalue weighted by Gasteiger charge is 2.67. The first-order valence-corrected chi connectivity index (χ1v) is 15.3. The predicted molar refractivity (Wildman–Crippen MR) is 175 cm³/mol. The molecule has 12 heteroatoms. The maximum absolute atomic E-state index is 14.3. The number of para-hydroxylation sites is 2. The van der Waals surface area contributed by atoms with E-state index in [2.05, 4.69) is 10.6 Å². The minimum atomic E-state index is -1.43. The lowest BCUT2D eigenvalue weighted by atomic mass is 9.82. The van der Waals surface area contributed by atoms with Crippen molar-refractivity contribution in [1.82, 2.24) is 10.0 Å².